The Labute approximate surface area is 206 Å². The average molecular weight is 502 g/mol. The van der Waals surface area contributed by atoms with Crippen LogP contribution in [0.5, 0.6) is 5.75 Å². The average Bonchev–Trinajstić information content (AvgIpc) is 3.63. The van der Waals surface area contributed by atoms with Crippen LogP contribution in [0, 0.1) is 6.92 Å². The molecular weight excluding hydrogens is 474 g/mol. The maximum atomic E-state index is 14.9. The minimum atomic E-state index is -4.77. The van der Waals surface area contributed by atoms with E-state index in [1.54, 1.807) is 16.9 Å². The summed E-state index contributed by atoms with van der Waals surface area (Å²) in [6, 6.07) is 11.4. The van der Waals surface area contributed by atoms with Crippen molar-refractivity contribution in [3.63, 3.8) is 0 Å². The smallest absolute Gasteiger partial charge is 0.406 e. The minimum absolute atomic E-state index is 0.161. The number of benzene rings is 1. The molecule has 1 aliphatic carbocycles. The maximum Gasteiger partial charge on any atom is 0.573 e. The van der Waals surface area contributed by atoms with Gasteiger partial charge in [0.25, 0.3) is 0 Å². The molecule has 6 nitrogen and oxygen atoms in total. The third-order valence-corrected chi connectivity index (χ3v) is 6.48. The molecule has 0 radical (unpaired) electrons. The van der Waals surface area contributed by atoms with Crippen LogP contribution in [0.15, 0.2) is 48.7 Å². The second-order valence-electron chi connectivity index (χ2n) is 9.21. The highest BCUT2D eigenvalue weighted by molar-refractivity contribution is 5.75. The Morgan fingerprint density at radius 3 is 2.44 bits per heavy atom. The summed E-state index contributed by atoms with van der Waals surface area (Å²) in [4.78, 5) is 9.42. The SMILES string of the molecule is Cc1cc(C(F)=Cc2ccc(OC(F)(F)F)cc2)nn1Cc1ccnc(N2CCN(C3CC3)CC2)c1. The third kappa shape index (κ3) is 6.04. The number of piperazine rings is 1. The predicted octanol–water partition coefficient (Wildman–Crippen LogP) is 5.29. The number of nitrogens with zero attached hydrogens (tertiary/aromatic N) is 5. The van der Waals surface area contributed by atoms with Gasteiger partial charge in [-0.15, -0.1) is 13.2 Å². The molecule has 0 N–H and O–H groups in total. The van der Waals surface area contributed by atoms with Crippen molar-refractivity contribution in [1.82, 2.24) is 19.7 Å². The minimum Gasteiger partial charge on any atom is -0.406 e. The van der Waals surface area contributed by atoms with E-state index in [9.17, 15) is 17.6 Å². The molecule has 190 valence electrons. The Balaban J connectivity index is 1.24. The fourth-order valence-electron chi connectivity index (χ4n) is 4.43. The number of pyridine rings is 1. The summed E-state index contributed by atoms with van der Waals surface area (Å²) in [6.45, 7) is 6.35. The van der Waals surface area contributed by atoms with Gasteiger partial charge in [0.2, 0.25) is 0 Å². The standard InChI is InChI=1S/C26H27F4N5O/c1-18-14-24(23(27)15-19-2-6-22(7-3-19)36-26(28,29)30)32-35(18)17-20-8-9-31-25(16-20)34-12-10-33(11-13-34)21-4-5-21/h2-3,6-9,14-16,21H,4-5,10-13,17H2,1H3. The molecule has 0 unspecified atom stereocenters. The van der Waals surface area contributed by atoms with E-state index in [1.165, 1.54) is 31.1 Å². The molecule has 36 heavy (non-hydrogen) atoms. The zero-order valence-corrected chi connectivity index (χ0v) is 19.9. The van der Waals surface area contributed by atoms with Crippen LogP contribution < -0.4 is 9.64 Å². The number of aryl methyl sites for hydroxylation is 1. The fraction of sp³-hybridized carbons (Fsp3) is 0.385. The molecule has 10 heteroatoms. The first kappa shape index (κ1) is 24.3. The molecule has 0 atom stereocenters. The normalized spacial score (nSPS) is 17.5. The van der Waals surface area contributed by atoms with Crippen LogP contribution in [-0.4, -0.2) is 58.2 Å². The van der Waals surface area contributed by atoms with Gasteiger partial charge in [-0.1, -0.05) is 12.1 Å². The fourth-order valence-corrected chi connectivity index (χ4v) is 4.43. The molecule has 2 aliphatic rings. The number of rotatable bonds is 7. The summed E-state index contributed by atoms with van der Waals surface area (Å²) in [7, 11) is 0. The lowest BCUT2D eigenvalue weighted by Crippen LogP contribution is -2.47. The molecule has 1 aliphatic heterocycles. The summed E-state index contributed by atoms with van der Waals surface area (Å²) in [5.74, 6) is 0.00369. The van der Waals surface area contributed by atoms with E-state index >= 15 is 0 Å². The molecule has 2 fully saturated rings. The van der Waals surface area contributed by atoms with Gasteiger partial charge in [0, 0.05) is 44.1 Å². The summed E-state index contributed by atoms with van der Waals surface area (Å²) >= 11 is 0. The van der Waals surface area contributed by atoms with Crippen LogP contribution in [0.4, 0.5) is 23.4 Å². The van der Waals surface area contributed by atoms with Gasteiger partial charge in [0.15, 0.2) is 5.83 Å². The number of anilines is 1. The topological polar surface area (TPSA) is 46.4 Å². The summed E-state index contributed by atoms with van der Waals surface area (Å²) in [5.41, 5.74) is 2.37. The monoisotopic (exact) mass is 501 g/mol. The molecule has 3 heterocycles. The van der Waals surface area contributed by atoms with Gasteiger partial charge >= 0.3 is 6.36 Å². The van der Waals surface area contributed by atoms with E-state index < -0.39 is 12.2 Å². The molecule has 3 aromatic rings. The van der Waals surface area contributed by atoms with Gasteiger partial charge in [-0.2, -0.15) is 5.10 Å². The molecule has 1 aromatic carbocycles. The molecule has 1 saturated heterocycles. The largest absolute Gasteiger partial charge is 0.573 e. The molecule has 2 aromatic heterocycles. The Morgan fingerprint density at radius 2 is 1.78 bits per heavy atom. The van der Waals surface area contributed by atoms with Crippen molar-refractivity contribution in [2.45, 2.75) is 38.7 Å². The zero-order chi connectivity index (χ0) is 25.3. The molecular formula is C26H27F4N5O. The van der Waals surface area contributed by atoms with E-state index in [2.05, 4.69) is 30.7 Å². The van der Waals surface area contributed by atoms with Gasteiger partial charge < -0.3 is 9.64 Å². The van der Waals surface area contributed by atoms with E-state index in [0.29, 0.717) is 12.1 Å². The number of hydrogen-bond donors (Lipinski definition) is 0. The van der Waals surface area contributed by atoms with E-state index in [1.807, 2.05) is 13.0 Å². The first-order valence-electron chi connectivity index (χ1n) is 12.0. The van der Waals surface area contributed by atoms with Crippen LogP contribution in [0.2, 0.25) is 0 Å². The highest BCUT2D eigenvalue weighted by atomic mass is 19.4. The van der Waals surface area contributed by atoms with Crippen LogP contribution in [0.25, 0.3) is 11.9 Å². The van der Waals surface area contributed by atoms with E-state index in [0.717, 1.165) is 61.4 Å². The van der Waals surface area contributed by atoms with Gasteiger partial charge in [0.05, 0.1) is 6.54 Å². The van der Waals surface area contributed by atoms with Crippen LogP contribution >= 0.6 is 0 Å². The quantitative estimate of drug-likeness (QED) is 0.412. The highest BCUT2D eigenvalue weighted by Gasteiger charge is 2.32. The number of ether oxygens (including phenoxy) is 1. The maximum absolute atomic E-state index is 14.9. The van der Waals surface area contributed by atoms with Gasteiger partial charge in [-0.3, -0.25) is 9.58 Å². The Bertz CT molecular complexity index is 1230. The molecule has 0 bridgehead atoms. The molecule has 0 spiro atoms. The zero-order valence-electron chi connectivity index (χ0n) is 19.9. The summed E-state index contributed by atoms with van der Waals surface area (Å²) in [6.07, 6.45) is 0.892. The highest BCUT2D eigenvalue weighted by Crippen LogP contribution is 2.29. The summed E-state index contributed by atoms with van der Waals surface area (Å²) in [5, 5.41) is 4.40. The van der Waals surface area contributed by atoms with Crippen molar-refractivity contribution in [2.75, 3.05) is 31.1 Å². The van der Waals surface area contributed by atoms with Gasteiger partial charge in [-0.05, 0) is 67.3 Å². The first-order chi connectivity index (χ1) is 17.2. The summed E-state index contributed by atoms with van der Waals surface area (Å²) < 4.78 is 57.4. The lowest BCUT2D eigenvalue weighted by atomic mass is 10.2. The number of aromatic nitrogens is 3. The van der Waals surface area contributed by atoms with Crippen molar-refractivity contribution in [1.29, 1.82) is 0 Å². The lowest BCUT2D eigenvalue weighted by Gasteiger charge is -2.35. The van der Waals surface area contributed by atoms with Crippen molar-refractivity contribution < 1.29 is 22.3 Å². The number of halogens is 4. The predicted molar refractivity (Wildman–Crippen MR) is 129 cm³/mol. The second kappa shape index (κ2) is 9.93. The van der Waals surface area contributed by atoms with Crippen molar-refractivity contribution >= 4 is 17.7 Å². The van der Waals surface area contributed by atoms with Gasteiger partial charge in [-0.25, -0.2) is 9.37 Å². The number of hydrogen-bond acceptors (Lipinski definition) is 5. The first-order valence-corrected chi connectivity index (χ1v) is 12.0. The van der Waals surface area contributed by atoms with Gasteiger partial charge in [0.1, 0.15) is 17.3 Å². The third-order valence-electron chi connectivity index (χ3n) is 6.48. The van der Waals surface area contributed by atoms with Crippen LogP contribution in [0.1, 0.15) is 35.4 Å². The Morgan fingerprint density at radius 1 is 1.06 bits per heavy atom. The van der Waals surface area contributed by atoms with Crippen LogP contribution in [-0.2, 0) is 6.54 Å². The van der Waals surface area contributed by atoms with E-state index in [4.69, 9.17) is 0 Å². The Hall–Kier alpha value is -3.40. The second-order valence-corrected chi connectivity index (χ2v) is 9.21. The van der Waals surface area contributed by atoms with Crippen molar-refractivity contribution in [3.05, 3.63) is 71.2 Å². The lowest BCUT2D eigenvalue weighted by molar-refractivity contribution is -0.274. The number of alkyl halides is 3. The molecule has 1 saturated carbocycles. The molecule has 5 rings (SSSR count). The van der Waals surface area contributed by atoms with E-state index in [-0.39, 0.29) is 11.4 Å². The van der Waals surface area contributed by atoms with Crippen molar-refractivity contribution in [2.24, 2.45) is 0 Å². The van der Waals surface area contributed by atoms with Crippen LogP contribution in [0.3, 0.4) is 0 Å². The molecule has 0 amide bonds. The Kier molecular flexibility index (Phi) is 6.70. The van der Waals surface area contributed by atoms with Crippen molar-refractivity contribution in [3.8, 4) is 5.75 Å².